The van der Waals surface area contributed by atoms with Gasteiger partial charge in [0.1, 0.15) is 9.90 Å². The lowest BCUT2D eigenvalue weighted by atomic mass is 9.96. The number of benzene rings is 1. The second-order valence-corrected chi connectivity index (χ2v) is 11.3. The molecule has 33 heavy (non-hydrogen) atoms. The number of ether oxygens (including phenoxy) is 2. The molecular weight excluding hydrogens is 484 g/mol. The lowest BCUT2D eigenvalue weighted by molar-refractivity contribution is 0.0661. The first-order chi connectivity index (χ1) is 15.9. The second-order valence-electron chi connectivity index (χ2n) is 7.98. The maximum Gasteiger partial charge on any atom is 0.244 e. The van der Waals surface area contributed by atoms with E-state index in [-0.39, 0.29) is 23.1 Å². The molecule has 1 saturated carbocycles. The molecule has 0 spiro atoms. The zero-order valence-corrected chi connectivity index (χ0v) is 21.9. The number of nitrogens with zero attached hydrogens (tertiary/aromatic N) is 4. The smallest absolute Gasteiger partial charge is 0.244 e. The third-order valence-corrected chi connectivity index (χ3v) is 9.16. The number of aryl methyl sites for hydroxylation is 1. The first-order valence-corrected chi connectivity index (χ1v) is 13.9. The van der Waals surface area contributed by atoms with E-state index in [0.717, 1.165) is 17.6 Å². The van der Waals surface area contributed by atoms with E-state index in [9.17, 15) is 8.42 Å². The van der Waals surface area contributed by atoms with Gasteiger partial charge in [0.15, 0.2) is 0 Å². The number of sulfonamides is 1. The van der Waals surface area contributed by atoms with E-state index in [0.29, 0.717) is 36.4 Å². The summed E-state index contributed by atoms with van der Waals surface area (Å²) in [5.74, 6) is 0. The third-order valence-electron chi connectivity index (χ3n) is 5.64. The maximum atomic E-state index is 13.3. The summed E-state index contributed by atoms with van der Waals surface area (Å²) in [7, 11) is -0.328. The van der Waals surface area contributed by atoms with Crippen molar-refractivity contribution in [2.45, 2.75) is 50.0 Å². The molecule has 0 bridgehead atoms. The van der Waals surface area contributed by atoms with Crippen LogP contribution in [0, 0.1) is 0 Å². The van der Waals surface area contributed by atoms with Crippen LogP contribution in [0.3, 0.4) is 0 Å². The second kappa shape index (κ2) is 12.4. The number of rotatable bonds is 11. The van der Waals surface area contributed by atoms with Crippen LogP contribution in [0.1, 0.15) is 39.0 Å². The highest BCUT2D eigenvalue weighted by Crippen LogP contribution is 2.30. The van der Waals surface area contributed by atoms with Crippen LogP contribution in [0.2, 0.25) is 5.02 Å². The highest BCUT2D eigenvalue weighted by atomic mass is 35.5. The van der Waals surface area contributed by atoms with Crippen molar-refractivity contribution < 1.29 is 17.9 Å². The standard InChI is InChI=1S/C22H33ClN4O4S2/c1-4-27(12-13-31-15-14-30-3)33(28,29)20-16-17(10-11-19(20)23)21-25-26(2)22(32-21)24-18-8-6-5-7-9-18/h10-11,16,18H,4-9,12-15H2,1-3H3/b24-22+. The van der Waals surface area contributed by atoms with Crippen molar-refractivity contribution >= 4 is 33.0 Å². The van der Waals surface area contributed by atoms with E-state index >= 15 is 0 Å². The van der Waals surface area contributed by atoms with Gasteiger partial charge in [-0.05, 0) is 25.0 Å². The van der Waals surface area contributed by atoms with E-state index < -0.39 is 10.0 Å². The van der Waals surface area contributed by atoms with Gasteiger partial charge in [0.25, 0.3) is 0 Å². The van der Waals surface area contributed by atoms with Crippen molar-refractivity contribution in [2.24, 2.45) is 12.0 Å². The number of hydrogen-bond acceptors (Lipinski definition) is 7. The zero-order chi connectivity index (χ0) is 23.8. The first-order valence-electron chi connectivity index (χ1n) is 11.3. The Morgan fingerprint density at radius 3 is 2.70 bits per heavy atom. The van der Waals surface area contributed by atoms with Gasteiger partial charge >= 0.3 is 0 Å². The van der Waals surface area contributed by atoms with Crippen molar-refractivity contribution in [1.82, 2.24) is 14.1 Å². The summed E-state index contributed by atoms with van der Waals surface area (Å²) in [5.41, 5.74) is 0.705. The van der Waals surface area contributed by atoms with Crippen LogP contribution in [-0.2, 0) is 26.5 Å². The fourth-order valence-electron chi connectivity index (χ4n) is 3.78. The van der Waals surface area contributed by atoms with Crippen molar-refractivity contribution in [3.05, 3.63) is 28.0 Å². The van der Waals surface area contributed by atoms with Gasteiger partial charge in [0, 0.05) is 32.8 Å². The van der Waals surface area contributed by atoms with Gasteiger partial charge in [-0.3, -0.25) is 4.99 Å². The number of halogens is 1. The molecule has 0 radical (unpaired) electrons. The van der Waals surface area contributed by atoms with Gasteiger partial charge in [-0.15, -0.1) is 0 Å². The lowest BCUT2D eigenvalue weighted by Gasteiger charge is -2.21. The van der Waals surface area contributed by atoms with Gasteiger partial charge in [-0.2, -0.15) is 9.40 Å². The van der Waals surface area contributed by atoms with E-state index in [1.54, 1.807) is 36.9 Å². The van der Waals surface area contributed by atoms with Gasteiger partial charge in [0.05, 0.1) is 30.9 Å². The summed E-state index contributed by atoms with van der Waals surface area (Å²) in [6.45, 7) is 3.51. The molecule has 1 aliphatic rings. The summed E-state index contributed by atoms with van der Waals surface area (Å²) in [4.78, 5) is 5.81. The Morgan fingerprint density at radius 1 is 1.24 bits per heavy atom. The molecule has 1 aliphatic carbocycles. The molecule has 1 aromatic heterocycles. The summed E-state index contributed by atoms with van der Waals surface area (Å²) in [6.07, 6.45) is 5.93. The Bertz CT molecular complexity index is 1080. The molecule has 184 valence electrons. The molecule has 3 rings (SSSR count). The molecule has 11 heteroatoms. The minimum absolute atomic E-state index is 0.0732. The molecule has 1 fully saturated rings. The molecule has 0 saturated heterocycles. The summed E-state index contributed by atoms with van der Waals surface area (Å²) >= 11 is 7.81. The topological polar surface area (TPSA) is 86.0 Å². The van der Waals surface area contributed by atoms with Gasteiger partial charge in [-0.25, -0.2) is 13.1 Å². The largest absolute Gasteiger partial charge is 0.382 e. The highest BCUT2D eigenvalue weighted by molar-refractivity contribution is 7.89. The number of hydrogen-bond donors (Lipinski definition) is 0. The monoisotopic (exact) mass is 516 g/mol. The van der Waals surface area contributed by atoms with Crippen LogP contribution in [0.4, 0.5) is 0 Å². The van der Waals surface area contributed by atoms with Gasteiger partial charge in [0.2, 0.25) is 14.8 Å². The molecule has 1 aromatic carbocycles. The summed E-state index contributed by atoms with van der Waals surface area (Å²) in [5, 5.41) is 5.50. The van der Waals surface area contributed by atoms with E-state index in [1.165, 1.54) is 34.9 Å². The van der Waals surface area contributed by atoms with Gasteiger partial charge in [-0.1, -0.05) is 55.2 Å². The lowest BCUT2D eigenvalue weighted by Crippen LogP contribution is -2.34. The Morgan fingerprint density at radius 2 is 2.00 bits per heavy atom. The van der Waals surface area contributed by atoms with Crippen LogP contribution in [-0.4, -0.2) is 68.6 Å². The third kappa shape index (κ3) is 6.86. The molecule has 0 unspecified atom stereocenters. The molecular formula is C22H33ClN4O4S2. The Kier molecular flexibility index (Phi) is 9.90. The zero-order valence-electron chi connectivity index (χ0n) is 19.5. The van der Waals surface area contributed by atoms with Gasteiger partial charge < -0.3 is 9.47 Å². The average Bonchev–Trinajstić information content (AvgIpc) is 3.17. The fourth-order valence-corrected chi connectivity index (χ4v) is 6.67. The molecule has 2 aromatic rings. The molecule has 0 amide bonds. The average molecular weight is 517 g/mol. The van der Waals surface area contributed by atoms with E-state index in [1.807, 2.05) is 7.05 Å². The predicted octanol–water partition coefficient (Wildman–Crippen LogP) is 3.71. The minimum Gasteiger partial charge on any atom is -0.382 e. The van der Waals surface area contributed by atoms with Crippen LogP contribution < -0.4 is 4.80 Å². The SMILES string of the molecule is CCN(CCOCCOC)S(=O)(=O)c1cc(-c2nn(C)/c(=N\C3CCCCC3)s2)ccc1Cl. The molecule has 1 heterocycles. The first kappa shape index (κ1) is 26.3. The van der Waals surface area contributed by atoms with Crippen molar-refractivity contribution in [2.75, 3.05) is 40.0 Å². The molecule has 0 aliphatic heterocycles. The van der Waals surface area contributed by atoms with Crippen molar-refractivity contribution in [3.63, 3.8) is 0 Å². The quantitative estimate of drug-likeness (QED) is 0.425. The van der Waals surface area contributed by atoms with E-state index in [4.69, 9.17) is 26.1 Å². The van der Waals surface area contributed by atoms with Crippen LogP contribution in [0.5, 0.6) is 0 Å². The minimum atomic E-state index is -3.79. The molecule has 0 atom stereocenters. The van der Waals surface area contributed by atoms with Crippen LogP contribution in [0.25, 0.3) is 10.6 Å². The van der Waals surface area contributed by atoms with E-state index in [2.05, 4.69) is 5.10 Å². The Hall–Kier alpha value is -1.30. The van der Waals surface area contributed by atoms with Crippen molar-refractivity contribution in [1.29, 1.82) is 0 Å². The highest BCUT2D eigenvalue weighted by Gasteiger charge is 2.26. The summed E-state index contributed by atoms with van der Waals surface area (Å²) in [6, 6.07) is 5.36. The fraction of sp³-hybridized carbons (Fsp3) is 0.636. The number of likely N-dealkylation sites (N-methyl/N-ethyl adjacent to an activating group) is 1. The normalized spacial score (nSPS) is 16.1. The molecule has 8 nitrogen and oxygen atoms in total. The number of aromatic nitrogens is 2. The molecule has 0 N–H and O–H groups in total. The maximum absolute atomic E-state index is 13.3. The predicted molar refractivity (Wildman–Crippen MR) is 131 cm³/mol. The number of methoxy groups -OCH3 is 1. The van der Waals surface area contributed by atoms with Crippen molar-refractivity contribution in [3.8, 4) is 10.6 Å². The summed E-state index contributed by atoms with van der Waals surface area (Å²) < 4.78 is 40.2. The van der Waals surface area contributed by atoms with Crippen LogP contribution in [0.15, 0.2) is 28.1 Å². The Balaban J connectivity index is 1.84. The van der Waals surface area contributed by atoms with Crippen LogP contribution >= 0.6 is 22.9 Å². The Labute approximate surface area is 205 Å².